The Balaban J connectivity index is 1.76. The lowest BCUT2D eigenvalue weighted by Crippen LogP contribution is -2.42. The molecule has 1 aliphatic carbocycles. The van der Waals surface area contributed by atoms with Gasteiger partial charge in [-0.05, 0) is 63.6 Å². The van der Waals surface area contributed by atoms with Gasteiger partial charge in [0.1, 0.15) is 5.82 Å². The van der Waals surface area contributed by atoms with Gasteiger partial charge in [0.05, 0.1) is 17.5 Å². The first-order valence-electron chi connectivity index (χ1n) is 10.1. The molecule has 0 spiro atoms. The van der Waals surface area contributed by atoms with Gasteiger partial charge >= 0.3 is 0 Å². The minimum absolute atomic E-state index is 0.113. The Morgan fingerprint density at radius 1 is 1.25 bits per heavy atom. The van der Waals surface area contributed by atoms with E-state index >= 15 is 4.39 Å². The number of aromatic nitrogens is 1. The van der Waals surface area contributed by atoms with Gasteiger partial charge in [-0.2, -0.15) is 0 Å². The number of rotatable bonds is 3. The molecule has 0 amide bonds. The first kappa shape index (κ1) is 17.7. The Morgan fingerprint density at radius 3 is 2.64 bits per heavy atom. The van der Waals surface area contributed by atoms with Crippen molar-refractivity contribution in [1.29, 1.82) is 0 Å². The zero-order valence-corrected chi connectivity index (χ0v) is 16.6. The van der Waals surface area contributed by atoms with E-state index in [9.17, 15) is 4.79 Å². The fourth-order valence-corrected chi connectivity index (χ4v) is 4.81. The fourth-order valence-electron chi connectivity index (χ4n) is 4.81. The highest BCUT2D eigenvalue weighted by Crippen LogP contribution is 2.42. The third-order valence-electron chi connectivity index (χ3n) is 6.54. The smallest absolute Gasteiger partial charge is 0.294 e. The summed E-state index contributed by atoms with van der Waals surface area (Å²) in [5, 5.41) is 1.44. The standard InChI is InChI=1S/C22H26FN3O2/c1-12-18-16(15-7-9-28-20(15)21(27)26(18)14-4-5-14)10-17(23)19(12)25-8-6-13(11-25)22(2,3)24/h7,9-10,13-14H,4-6,8,11,24H2,1-3H3. The molecule has 2 fully saturated rings. The van der Waals surface area contributed by atoms with E-state index in [0.717, 1.165) is 48.8 Å². The van der Waals surface area contributed by atoms with Gasteiger partial charge in [-0.3, -0.25) is 4.79 Å². The van der Waals surface area contributed by atoms with E-state index in [-0.39, 0.29) is 23.0 Å². The molecule has 1 saturated carbocycles. The molecule has 5 rings (SSSR count). The van der Waals surface area contributed by atoms with Crippen molar-refractivity contribution in [2.24, 2.45) is 11.7 Å². The van der Waals surface area contributed by atoms with E-state index in [4.69, 9.17) is 10.2 Å². The van der Waals surface area contributed by atoms with Crippen molar-refractivity contribution in [3.05, 3.63) is 40.1 Å². The fraction of sp³-hybridized carbons (Fsp3) is 0.500. The monoisotopic (exact) mass is 383 g/mol. The van der Waals surface area contributed by atoms with Crippen molar-refractivity contribution < 1.29 is 8.81 Å². The summed E-state index contributed by atoms with van der Waals surface area (Å²) in [6.07, 6.45) is 4.40. The molecular weight excluding hydrogens is 357 g/mol. The lowest BCUT2D eigenvalue weighted by molar-refractivity contribution is 0.348. The first-order chi connectivity index (χ1) is 13.3. The molecule has 3 aromatic rings. The minimum atomic E-state index is -0.297. The number of pyridine rings is 1. The second-order valence-corrected chi connectivity index (χ2v) is 9.05. The molecule has 0 radical (unpaired) electrons. The average molecular weight is 383 g/mol. The molecule has 1 atom stereocenters. The number of halogens is 1. The van der Waals surface area contributed by atoms with Crippen LogP contribution < -0.4 is 16.2 Å². The van der Waals surface area contributed by atoms with Crippen molar-refractivity contribution in [3.8, 4) is 0 Å². The summed E-state index contributed by atoms with van der Waals surface area (Å²) in [4.78, 5) is 15.2. The molecule has 1 aromatic carbocycles. The number of anilines is 1. The van der Waals surface area contributed by atoms with E-state index in [0.29, 0.717) is 22.6 Å². The minimum Gasteiger partial charge on any atom is -0.458 e. The van der Waals surface area contributed by atoms with Crippen LogP contribution in [0, 0.1) is 18.7 Å². The second-order valence-electron chi connectivity index (χ2n) is 9.05. The van der Waals surface area contributed by atoms with E-state index in [2.05, 4.69) is 4.90 Å². The van der Waals surface area contributed by atoms with E-state index in [1.165, 1.54) is 6.26 Å². The molecule has 5 nitrogen and oxygen atoms in total. The van der Waals surface area contributed by atoms with Crippen molar-refractivity contribution in [1.82, 2.24) is 4.57 Å². The number of nitrogens with two attached hydrogens (primary N) is 1. The van der Waals surface area contributed by atoms with Gasteiger partial charge in [0.2, 0.25) is 0 Å². The van der Waals surface area contributed by atoms with E-state index < -0.39 is 0 Å². The van der Waals surface area contributed by atoms with Crippen molar-refractivity contribution in [2.45, 2.75) is 51.6 Å². The summed E-state index contributed by atoms with van der Waals surface area (Å²) in [7, 11) is 0. The summed E-state index contributed by atoms with van der Waals surface area (Å²) >= 11 is 0. The molecule has 3 heterocycles. The van der Waals surface area contributed by atoms with Crippen LogP contribution >= 0.6 is 0 Å². The van der Waals surface area contributed by atoms with Crippen molar-refractivity contribution in [2.75, 3.05) is 18.0 Å². The predicted molar refractivity (Wildman–Crippen MR) is 110 cm³/mol. The molecule has 6 heteroatoms. The Kier molecular flexibility index (Phi) is 3.69. The van der Waals surface area contributed by atoms with Gasteiger partial charge in [-0.15, -0.1) is 0 Å². The van der Waals surface area contributed by atoms with Gasteiger partial charge < -0.3 is 19.6 Å². The normalized spacial score (nSPS) is 20.6. The Hall–Kier alpha value is -2.34. The maximum Gasteiger partial charge on any atom is 0.294 e. The molecule has 28 heavy (non-hydrogen) atoms. The lowest BCUT2D eigenvalue weighted by Gasteiger charge is -2.28. The summed E-state index contributed by atoms with van der Waals surface area (Å²) in [5.41, 5.74) is 8.50. The van der Waals surface area contributed by atoms with Gasteiger partial charge in [-0.1, -0.05) is 0 Å². The van der Waals surface area contributed by atoms with Crippen LogP contribution in [-0.2, 0) is 0 Å². The van der Waals surface area contributed by atoms with E-state index in [1.807, 2.05) is 25.3 Å². The van der Waals surface area contributed by atoms with Gasteiger partial charge in [-0.25, -0.2) is 4.39 Å². The molecule has 1 aliphatic heterocycles. The molecule has 148 valence electrons. The summed E-state index contributed by atoms with van der Waals surface area (Å²) in [6, 6.07) is 3.52. The molecule has 0 bridgehead atoms. The molecule has 1 unspecified atom stereocenters. The third-order valence-corrected chi connectivity index (χ3v) is 6.54. The number of aryl methyl sites for hydroxylation is 1. The first-order valence-corrected chi connectivity index (χ1v) is 10.1. The molecule has 2 N–H and O–H groups in total. The van der Waals surface area contributed by atoms with Crippen LogP contribution in [0.1, 0.15) is 44.7 Å². The van der Waals surface area contributed by atoms with Crippen LogP contribution in [0.4, 0.5) is 10.1 Å². The van der Waals surface area contributed by atoms with Crippen LogP contribution in [0.3, 0.4) is 0 Å². The summed E-state index contributed by atoms with van der Waals surface area (Å²) in [6.45, 7) is 7.51. The SMILES string of the molecule is Cc1c(N2CCC(C(C)(C)N)C2)c(F)cc2c3ccoc3c(=O)n(C3CC3)c12. The van der Waals surface area contributed by atoms with Crippen molar-refractivity contribution in [3.63, 3.8) is 0 Å². The Labute approximate surface area is 162 Å². The quantitative estimate of drug-likeness (QED) is 0.740. The Bertz CT molecular complexity index is 1150. The van der Waals surface area contributed by atoms with Gasteiger partial charge in [0.15, 0.2) is 5.58 Å². The van der Waals surface area contributed by atoms with Crippen LogP contribution in [0.2, 0.25) is 0 Å². The highest BCUT2D eigenvalue weighted by atomic mass is 19.1. The molecule has 2 aromatic heterocycles. The summed E-state index contributed by atoms with van der Waals surface area (Å²) in [5.74, 6) is 0.0629. The van der Waals surface area contributed by atoms with Crippen LogP contribution in [0.15, 0.2) is 27.6 Å². The number of furan rings is 1. The summed E-state index contributed by atoms with van der Waals surface area (Å²) < 4.78 is 22.6. The van der Waals surface area contributed by atoms with Crippen LogP contribution in [0.25, 0.3) is 21.9 Å². The van der Waals surface area contributed by atoms with Crippen molar-refractivity contribution >= 4 is 27.6 Å². The number of hydrogen-bond donors (Lipinski definition) is 1. The largest absolute Gasteiger partial charge is 0.458 e. The highest BCUT2D eigenvalue weighted by molar-refractivity contribution is 6.06. The molecular formula is C22H26FN3O2. The van der Waals surface area contributed by atoms with Crippen LogP contribution in [-0.4, -0.2) is 23.2 Å². The number of hydrogen-bond acceptors (Lipinski definition) is 4. The van der Waals surface area contributed by atoms with E-state index in [1.54, 1.807) is 12.1 Å². The Morgan fingerprint density at radius 2 is 2.00 bits per heavy atom. The van der Waals surface area contributed by atoms with Gasteiger partial charge in [0, 0.05) is 35.4 Å². The third kappa shape index (κ3) is 2.50. The number of nitrogens with zero attached hydrogens (tertiary/aromatic N) is 2. The predicted octanol–water partition coefficient (Wildman–Crippen LogP) is 4.09. The number of benzene rings is 1. The molecule has 2 aliphatic rings. The van der Waals surface area contributed by atoms with Gasteiger partial charge in [0.25, 0.3) is 5.56 Å². The average Bonchev–Trinajstić information content (AvgIpc) is 3.12. The topological polar surface area (TPSA) is 64.4 Å². The lowest BCUT2D eigenvalue weighted by atomic mass is 9.88. The maximum atomic E-state index is 15.3. The highest BCUT2D eigenvalue weighted by Gasteiger charge is 2.35. The second kappa shape index (κ2) is 5.83. The van der Waals surface area contributed by atoms with Crippen LogP contribution in [0.5, 0.6) is 0 Å². The maximum absolute atomic E-state index is 15.3. The number of fused-ring (bicyclic) bond motifs is 3. The zero-order chi connectivity index (χ0) is 19.8. The zero-order valence-electron chi connectivity index (χ0n) is 16.6. The molecule has 1 saturated heterocycles.